The number of anilines is 1. The highest BCUT2D eigenvalue weighted by molar-refractivity contribution is 5.70. The summed E-state index contributed by atoms with van der Waals surface area (Å²) >= 11 is 0. The van der Waals surface area contributed by atoms with Crippen LogP contribution in [0, 0.1) is 6.92 Å². The van der Waals surface area contributed by atoms with Crippen LogP contribution in [-0.4, -0.2) is 26.4 Å². The molecule has 0 aliphatic heterocycles. The average Bonchev–Trinajstić information content (AvgIpc) is 2.91. The molecule has 2 heterocycles. The van der Waals surface area contributed by atoms with Crippen LogP contribution in [0.2, 0.25) is 0 Å². The molecule has 4 nitrogen and oxygen atoms in total. The van der Waals surface area contributed by atoms with Crippen LogP contribution < -0.4 is 5.73 Å². The predicted molar refractivity (Wildman–Crippen MR) is 106 cm³/mol. The molecule has 1 aromatic carbocycles. The van der Waals surface area contributed by atoms with Gasteiger partial charge in [-0.1, -0.05) is 25.1 Å². The second-order valence-corrected chi connectivity index (χ2v) is 7.60. The molecule has 0 unspecified atom stereocenters. The highest BCUT2D eigenvalue weighted by Crippen LogP contribution is 2.29. The zero-order valence-electron chi connectivity index (χ0n) is 15.9. The molecule has 0 aliphatic rings. The van der Waals surface area contributed by atoms with E-state index < -0.39 is 0 Å². The second kappa shape index (κ2) is 6.52. The molecule has 0 atom stereocenters. The van der Waals surface area contributed by atoms with Crippen LogP contribution in [0.5, 0.6) is 0 Å². The summed E-state index contributed by atoms with van der Waals surface area (Å²) in [4.78, 5) is 7.44. The summed E-state index contributed by atoms with van der Waals surface area (Å²) in [5.74, 6) is 0. The fraction of sp³-hybridized carbons (Fsp3) is 0.381. The van der Waals surface area contributed by atoms with E-state index in [1.165, 1.54) is 11.3 Å². The predicted octanol–water partition coefficient (Wildman–Crippen LogP) is 4.51. The van der Waals surface area contributed by atoms with Crippen LogP contribution in [0.1, 0.15) is 39.0 Å². The summed E-state index contributed by atoms with van der Waals surface area (Å²) in [7, 11) is 0. The van der Waals surface area contributed by atoms with Crippen molar-refractivity contribution < 1.29 is 0 Å². The van der Waals surface area contributed by atoms with Crippen LogP contribution in [0.4, 0.5) is 5.69 Å². The molecule has 0 bridgehead atoms. The number of nitrogens with two attached hydrogens (primary N) is 1. The number of nitrogens with zero attached hydrogens (tertiary/aromatic N) is 3. The molecule has 0 aliphatic carbocycles. The standard InChI is InChI=1S/C21H28N4/c1-6-24(21(3,4)5)14-18-19(16-10-7-11-17(22)13-16)23-20-15(2)9-8-12-25(18)20/h7-13H,6,14,22H2,1-5H3. The van der Waals surface area contributed by atoms with E-state index in [0.717, 1.165) is 35.7 Å². The number of hydrogen-bond acceptors (Lipinski definition) is 3. The normalized spacial score (nSPS) is 12.2. The molecule has 0 saturated carbocycles. The molecule has 2 N–H and O–H groups in total. The van der Waals surface area contributed by atoms with Crippen LogP contribution in [0.3, 0.4) is 0 Å². The number of benzene rings is 1. The highest BCUT2D eigenvalue weighted by Gasteiger charge is 2.24. The third-order valence-corrected chi connectivity index (χ3v) is 4.78. The minimum Gasteiger partial charge on any atom is -0.399 e. The Labute approximate surface area is 150 Å². The van der Waals surface area contributed by atoms with Gasteiger partial charge in [0.15, 0.2) is 0 Å². The maximum absolute atomic E-state index is 6.02. The van der Waals surface area contributed by atoms with Gasteiger partial charge in [0.1, 0.15) is 5.65 Å². The van der Waals surface area contributed by atoms with Crippen molar-refractivity contribution in [3.8, 4) is 11.3 Å². The molecule has 25 heavy (non-hydrogen) atoms. The third-order valence-electron chi connectivity index (χ3n) is 4.78. The Bertz CT molecular complexity index is 887. The van der Waals surface area contributed by atoms with Crippen molar-refractivity contribution in [3.63, 3.8) is 0 Å². The molecule has 0 fully saturated rings. The summed E-state index contributed by atoms with van der Waals surface area (Å²) in [6.45, 7) is 12.9. The average molecular weight is 336 g/mol. The first-order chi connectivity index (χ1) is 11.8. The van der Waals surface area contributed by atoms with E-state index in [1.807, 2.05) is 18.2 Å². The van der Waals surface area contributed by atoms with Gasteiger partial charge in [0.25, 0.3) is 0 Å². The zero-order chi connectivity index (χ0) is 18.2. The van der Waals surface area contributed by atoms with E-state index in [-0.39, 0.29) is 5.54 Å². The van der Waals surface area contributed by atoms with Gasteiger partial charge in [-0.2, -0.15) is 0 Å². The lowest BCUT2D eigenvalue weighted by molar-refractivity contribution is 0.134. The molecule has 132 valence electrons. The largest absolute Gasteiger partial charge is 0.399 e. The van der Waals surface area contributed by atoms with Gasteiger partial charge >= 0.3 is 0 Å². The molecule has 0 saturated heterocycles. The lowest BCUT2D eigenvalue weighted by Gasteiger charge is -2.34. The van der Waals surface area contributed by atoms with Crippen molar-refractivity contribution in [1.29, 1.82) is 0 Å². The summed E-state index contributed by atoms with van der Waals surface area (Å²) in [6.07, 6.45) is 2.11. The third kappa shape index (κ3) is 3.40. The van der Waals surface area contributed by atoms with Gasteiger partial charge in [0, 0.05) is 29.5 Å². The van der Waals surface area contributed by atoms with Crippen molar-refractivity contribution >= 4 is 11.3 Å². The molecule has 0 radical (unpaired) electrons. The molecular formula is C21H28N4. The Hall–Kier alpha value is -2.33. The Balaban J connectivity index is 2.21. The van der Waals surface area contributed by atoms with E-state index >= 15 is 0 Å². The van der Waals surface area contributed by atoms with Crippen LogP contribution in [0.15, 0.2) is 42.6 Å². The highest BCUT2D eigenvalue weighted by atomic mass is 15.2. The van der Waals surface area contributed by atoms with Gasteiger partial charge < -0.3 is 10.1 Å². The summed E-state index contributed by atoms with van der Waals surface area (Å²) in [5.41, 5.74) is 12.4. The number of pyridine rings is 1. The summed E-state index contributed by atoms with van der Waals surface area (Å²) in [5, 5.41) is 0. The minimum atomic E-state index is 0.0930. The summed E-state index contributed by atoms with van der Waals surface area (Å²) in [6, 6.07) is 12.2. The molecule has 3 aromatic rings. The van der Waals surface area contributed by atoms with Crippen LogP contribution in [0.25, 0.3) is 16.9 Å². The SMILES string of the molecule is CCN(Cc1c(-c2cccc(N)c2)nc2c(C)cccn12)C(C)(C)C. The monoisotopic (exact) mass is 336 g/mol. The molecule has 0 spiro atoms. The van der Waals surface area contributed by atoms with Crippen molar-refractivity contribution in [3.05, 3.63) is 53.9 Å². The fourth-order valence-corrected chi connectivity index (χ4v) is 3.33. The Morgan fingerprint density at radius 3 is 2.56 bits per heavy atom. The lowest BCUT2D eigenvalue weighted by Crippen LogP contribution is -2.40. The molecule has 0 amide bonds. The fourth-order valence-electron chi connectivity index (χ4n) is 3.33. The minimum absolute atomic E-state index is 0.0930. The number of nitrogen functional groups attached to an aromatic ring is 1. The van der Waals surface area contributed by atoms with Crippen molar-refractivity contribution in [2.45, 2.75) is 46.7 Å². The van der Waals surface area contributed by atoms with Crippen molar-refractivity contribution in [1.82, 2.24) is 14.3 Å². The Morgan fingerprint density at radius 2 is 1.92 bits per heavy atom. The van der Waals surface area contributed by atoms with Gasteiger partial charge in [0.05, 0.1) is 11.4 Å². The Kier molecular flexibility index (Phi) is 4.56. The molecule has 2 aromatic heterocycles. The van der Waals surface area contributed by atoms with Gasteiger partial charge in [0.2, 0.25) is 0 Å². The molecule has 4 heteroatoms. The summed E-state index contributed by atoms with van der Waals surface area (Å²) < 4.78 is 2.22. The molecule has 3 rings (SSSR count). The number of fused-ring (bicyclic) bond motifs is 1. The van der Waals surface area contributed by atoms with E-state index in [9.17, 15) is 0 Å². The van der Waals surface area contributed by atoms with Crippen molar-refractivity contribution in [2.75, 3.05) is 12.3 Å². The lowest BCUT2D eigenvalue weighted by atomic mass is 10.0. The maximum Gasteiger partial charge on any atom is 0.140 e. The van der Waals surface area contributed by atoms with Crippen molar-refractivity contribution in [2.24, 2.45) is 0 Å². The first-order valence-electron chi connectivity index (χ1n) is 8.88. The van der Waals surface area contributed by atoms with E-state index in [2.05, 4.69) is 68.3 Å². The van der Waals surface area contributed by atoms with Crippen LogP contribution >= 0.6 is 0 Å². The van der Waals surface area contributed by atoms with Crippen LogP contribution in [-0.2, 0) is 6.54 Å². The van der Waals surface area contributed by atoms with Gasteiger partial charge in [-0.3, -0.25) is 4.90 Å². The van der Waals surface area contributed by atoms with E-state index in [0.29, 0.717) is 0 Å². The van der Waals surface area contributed by atoms with Gasteiger partial charge in [-0.05, 0) is 58.0 Å². The number of aromatic nitrogens is 2. The number of aryl methyl sites for hydroxylation is 1. The van der Waals surface area contributed by atoms with E-state index in [1.54, 1.807) is 0 Å². The number of imidazole rings is 1. The molecular weight excluding hydrogens is 308 g/mol. The maximum atomic E-state index is 6.02. The Morgan fingerprint density at radius 1 is 1.16 bits per heavy atom. The van der Waals surface area contributed by atoms with Gasteiger partial charge in [-0.25, -0.2) is 4.98 Å². The van der Waals surface area contributed by atoms with Gasteiger partial charge in [-0.15, -0.1) is 0 Å². The number of hydrogen-bond donors (Lipinski definition) is 1. The zero-order valence-corrected chi connectivity index (χ0v) is 15.9. The first kappa shape index (κ1) is 17.5. The smallest absolute Gasteiger partial charge is 0.140 e. The second-order valence-electron chi connectivity index (χ2n) is 7.60. The topological polar surface area (TPSA) is 46.6 Å². The van der Waals surface area contributed by atoms with E-state index in [4.69, 9.17) is 10.7 Å². The quantitative estimate of drug-likeness (QED) is 0.713. The first-order valence-corrected chi connectivity index (χ1v) is 8.88. The number of rotatable bonds is 4.